The number of rotatable bonds is 8. The number of carbonyl (C=O) groups excluding carboxylic acids is 5. The number of halogens is 2. The van der Waals surface area contributed by atoms with E-state index in [0.29, 0.717) is 66.5 Å². The third-order valence-corrected chi connectivity index (χ3v) is 11.9. The standard InChI is InChI=1S/C40H36Cl2N2O7/c1-21(45)10-24-8-9-28-30(11-24)36-26(15-42)17-44(32(36)13-34(28)51-23(3)47)38(49)40-18-39(19-40,20-40)37(48)43-16-25(14-41)35-29-7-5-4-6-27(29)33(12-31(35)43)50-22(2)46/h4-9,11-13,25-26H,10,14-20H2,1-3H3. The molecule has 3 fully saturated rings. The summed E-state index contributed by atoms with van der Waals surface area (Å²) in [5.41, 5.74) is 2.64. The summed E-state index contributed by atoms with van der Waals surface area (Å²) in [4.78, 5) is 68.6. The third kappa shape index (κ3) is 5.14. The zero-order valence-electron chi connectivity index (χ0n) is 28.5. The molecule has 5 aliphatic rings. The number of anilines is 2. The molecular formula is C40H36Cl2N2O7. The van der Waals surface area contributed by atoms with Crippen molar-refractivity contribution in [3.8, 4) is 11.5 Å². The van der Waals surface area contributed by atoms with Crippen LogP contribution in [-0.2, 0) is 30.4 Å². The van der Waals surface area contributed by atoms with E-state index < -0.39 is 22.8 Å². The van der Waals surface area contributed by atoms with Crippen LogP contribution in [0.1, 0.15) is 68.6 Å². The lowest BCUT2D eigenvalue weighted by atomic mass is 9.34. The molecule has 4 aromatic carbocycles. The highest BCUT2D eigenvalue weighted by molar-refractivity contribution is 6.20. The van der Waals surface area contributed by atoms with Crippen LogP contribution in [0.3, 0.4) is 0 Å². The van der Waals surface area contributed by atoms with Crippen molar-refractivity contribution >= 4 is 85.7 Å². The quantitative estimate of drug-likeness (QED) is 0.107. The van der Waals surface area contributed by atoms with Crippen LogP contribution in [-0.4, -0.2) is 54.4 Å². The normalized spacial score (nSPS) is 24.1. The minimum absolute atomic E-state index is 0.0220. The van der Waals surface area contributed by atoms with Crippen LogP contribution in [0.25, 0.3) is 21.5 Å². The summed E-state index contributed by atoms with van der Waals surface area (Å²) >= 11 is 13.0. The number of carbonyl (C=O) groups is 5. The molecule has 0 radical (unpaired) electrons. The number of Topliss-reactive ketones (excluding diaryl/α,β-unsaturated/α-hetero) is 1. The highest BCUT2D eigenvalue weighted by Crippen LogP contribution is 2.75. The van der Waals surface area contributed by atoms with Crippen LogP contribution < -0.4 is 19.3 Å². The lowest BCUT2D eigenvalue weighted by Gasteiger charge is -2.69. The Kier molecular flexibility index (Phi) is 7.96. The van der Waals surface area contributed by atoms with Gasteiger partial charge in [-0.25, -0.2) is 0 Å². The molecule has 0 spiro atoms. The van der Waals surface area contributed by atoms with Crippen molar-refractivity contribution in [3.05, 3.63) is 71.3 Å². The summed E-state index contributed by atoms with van der Waals surface area (Å²) in [7, 11) is 0. The Hall–Kier alpha value is -4.47. The van der Waals surface area contributed by atoms with E-state index >= 15 is 0 Å². The maximum Gasteiger partial charge on any atom is 0.308 e. The Bertz CT molecular complexity index is 2210. The molecular weight excluding hydrogens is 691 g/mol. The maximum atomic E-state index is 14.5. The average Bonchev–Trinajstić information content (AvgIpc) is 3.61. The predicted octanol–water partition coefficient (Wildman–Crippen LogP) is 7.18. The third-order valence-electron chi connectivity index (χ3n) is 11.2. The molecule has 2 aliphatic heterocycles. The zero-order valence-corrected chi connectivity index (χ0v) is 30.0. The fourth-order valence-corrected chi connectivity index (χ4v) is 9.75. The van der Waals surface area contributed by atoms with Crippen molar-refractivity contribution < 1.29 is 33.4 Å². The Morgan fingerprint density at radius 1 is 0.667 bits per heavy atom. The van der Waals surface area contributed by atoms with Crippen molar-refractivity contribution in [2.45, 2.75) is 58.3 Å². The van der Waals surface area contributed by atoms with Gasteiger partial charge < -0.3 is 19.3 Å². The van der Waals surface area contributed by atoms with Crippen LogP contribution in [0.2, 0.25) is 0 Å². The number of hydrogen-bond acceptors (Lipinski definition) is 7. The molecule has 2 heterocycles. The molecule has 4 aromatic rings. The number of benzene rings is 4. The Labute approximate surface area is 304 Å². The molecule has 0 saturated heterocycles. The highest BCUT2D eigenvalue weighted by Gasteiger charge is 2.76. The summed E-state index contributed by atoms with van der Waals surface area (Å²) in [6.45, 7) is 4.99. The van der Waals surface area contributed by atoms with Crippen molar-refractivity contribution in [2.24, 2.45) is 10.8 Å². The first-order valence-electron chi connectivity index (χ1n) is 17.2. The van der Waals surface area contributed by atoms with E-state index in [1.54, 1.807) is 21.9 Å². The molecule has 0 aromatic heterocycles. The Balaban J connectivity index is 1.10. The molecule has 51 heavy (non-hydrogen) atoms. The lowest BCUT2D eigenvalue weighted by molar-refractivity contribution is -0.205. The number of alkyl halides is 2. The second-order valence-corrected chi connectivity index (χ2v) is 15.3. The molecule has 0 N–H and O–H groups in total. The first kappa shape index (κ1) is 33.7. The summed E-state index contributed by atoms with van der Waals surface area (Å²) in [6, 6.07) is 16.8. The molecule has 2 bridgehead atoms. The highest BCUT2D eigenvalue weighted by atomic mass is 35.5. The maximum absolute atomic E-state index is 14.5. The van der Waals surface area contributed by atoms with Gasteiger partial charge in [-0.1, -0.05) is 42.5 Å². The van der Waals surface area contributed by atoms with Crippen LogP contribution >= 0.6 is 23.2 Å². The van der Waals surface area contributed by atoms with Crippen molar-refractivity contribution in [2.75, 3.05) is 34.6 Å². The largest absolute Gasteiger partial charge is 0.426 e. The van der Waals surface area contributed by atoms with Gasteiger partial charge >= 0.3 is 11.9 Å². The first-order valence-corrected chi connectivity index (χ1v) is 18.2. The van der Waals surface area contributed by atoms with Crippen LogP contribution in [0.5, 0.6) is 11.5 Å². The van der Waals surface area contributed by atoms with Gasteiger partial charge in [-0.2, -0.15) is 0 Å². The fourth-order valence-electron chi connectivity index (χ4n) is 9.25. The van der Waals surface area contributed by atoms with Gasteiger partial charge in [0.1, 0.15) is 17.3 Å². The van der Waals surface area contributed by atoms with Gasteiger partial charge in [0.15, 0.2) is 0 Å². The molecule has 262 valence electrons. The van der Waals surface area contributed by atoms with Gasteiger partial charge in [0.25, 0.3) is 0 Å². The number of nitrogens with zero attached hydrogens (tertiary/aromatic N) is 2. The predicted molar refractivity (Wildman–Crippen MR) is 195 cm³/mol. The molecule has 9 nitrogen and oxygen atoms in total. The number of ether oxygens (including phenoxy) is 2. The number of esters is 2. The summed E-state index contributed by atoms with van der Waals surface area (Å²) in [5, 5.41) is 3.19. The molecule has 2 unspecified atom stereocenters. The minimum Gasteiger partial charge on any atom is -0.426 e. The molecule has 9 rings (SSSR count). The van der Waals surface area contributed by atoms with Crippen LogP contribution in [0.4, 0.5) is 11.4 Å². The second kappa shape index (κ2) is 12.1. The molecule has 11 heteroatoms. The van der Waals surface area contributed by atoms with Gasteiger partial charge in [0.2, 0.25) is 11.8 Å². The van der Waals surface area contributed by atoms with E-state index in [1.165, 1.54) is 20.8 Å². The van der Waals surface area contributed by atoms with Crippen molar-refractivity contribution in [1.29, 1.82) is 0 Å². The Morgan fingerprint density at radius 2 is 1.14 bits per heavy atom. The van der Waals surface area contributed by atoms with Gasteiger partial charge in [0.05, 0.1) is 22.2 Å². The number of fused-ring (bicyclic) bond motifs is 6. The molecule has 2 amide bonds. The number of ketones is 1. The lowest BCUT2D eigenvalue weighted by Crippen LogP contribution is -2.73. The number of hydrogen-bond donors (Lipinski definition) is 0. The van der Waals surface area contributed by atoms with E-state index in [4.69, 9.17) is 32.7 Å². The summed E-state index contributed by atoms with van der Waals surface area (Å²) in [6.07, 6.45) is 1.52. The van der Waals surface area contributed by atoms with Crippen LogP contribution in [0, 0.1) is 10.8 Å². The minimum atomic E-state index is -0.693. The second-order valence-electron chi connectivity index (χ2n) is 14.7. The molecule has 3 aliphatic carbocycles. The van der Waals surface area contributed by atoms with Gasteiger partial charge in [-0.15, -0.1) is 23.2 Å². The van der Waals surface area contributed by atoms with Crippen molar-refractivity contribution in [3.63, 3.8) is 0 Å². The summed E-state index contributed by atoms with van der Waals surface area (Å²) in [5.74, 6) is 0.0177. The zero-order chi connectivity index (χ0) is 36.0. The number of amides is 2. The Morgan fingerprint density at radius 3 is 1.61 bits per heavy atom. The van der Waals surface area contributed by atoms with E-state index in [1.807, 2.05) is 42.5 Å². The molecule has 3 saturated carbocycles. The smallest absolute Gasteiger partial charge is 0.308 e. The van der Waals surface area contributed by atoms with E-state index in [9.17, 15) is 24.0 Å². The van der Waals surface area contributed by atoms with Gasteiger partial charge in [0, 0.05) is 79.9 Å². The van der Waals surface area contributed by atoms with E-state index in [2.05, 4.69) is 0 Å². The first-order chi connectivity index (χ1) is 24.4. The summed E-state index contributed by atoms with van der Waals surface area (Å²) < 4.78 is 11.3. The van der Waals surface area contributed by atoms with Gasteiger partial charge in [-0.05, 0) is 53.6 Å². The molecule has 2 atom stereocenters. The van der Waals surface area contributed by atoms with Crippen LogP contribution in [0.15, 0.2) is 54.6 Å². The van der Waals surface area contributed by atoms with Crippen molar-refractivity contribution in [1.82, 2.24) is 0 Å². The topological polar surface area (TPSA) is 110 Å². The monoisotopic (exact) mass is 726 g/mol. The van der Waals surface area contributed by atoms with Gasteiger partial charge in [-0.3, -0.25) is 24.0 Å². The van der Waals surface area contributed by atoms with E-state index in [0.717, 1.165) is 32.8 Å². The average molecular weight is 728 g/mol. The SMILES string of the molecule is CC(=O)Cc1ccc2c(OC(C)=O)cc3c(c2c1)C(CCl)CN3C(=O)C12CC(C(=O)N3CC(CCl)c4c3cc(OC(C)=O)c3ccccc43)(C1)C2. The van der Waals surface area contributed by atoms with E-state index in [-0.39, 0.29) is 41.7 Å². The fraction of sp³-hybridized carbons (Fsp3) is 0.375.